The van der Waals surface area contributed by atoms with Gasteiger partial charge in [-0.3, -0.25) is 9.89 Å². The van der Waals surface area contributed by atoms with Crippen molar-refractivity contribution in [3.8, 4) is 5.75 Å². The Kier molecular flexibility index (Phi) is 5.66. The molecule has 2 aromatic carbocycles. The van der Waals surface area contributed by atoms with Gasteiger partial charge in [0.15, 0.2) is 0 Å². The Bertz CT molecular complexity index is 1370. The van der Waals surface area contributed by atoms with Crippen LogP contribution in [0.2, 0.25) is 0 Å². The van der Waals surface area contributed by atoms with Gasteiger partial charge in [-0.25, -0.2) is 8.42 Å². The van der Waals surface area contributed by atoms with Gasteiger partial charge in [0.2, 0.25) is 21.9 Å². The zero-order valence-corrected chi connectivity index (χ0v) is 19.5. The van der Waals surface area contributed by atoms with Crippen LogP contribution in [0.25, 0.3) is 10.9 Å². The summed E-state index contributed by atoms with van der Waals surface area (Å²) in [6, 6.07) is 8.59. The molecule has 5 rings (SSSR count). The van der Waals surface area contributed by atoms with Crippen molar-refractivity contribution in [1.82, 2.24) is 14.5 Å². The molecule has 10 nitrogen and oxygen atoms in total. The number of rotatable bonds is 6. The number of nitrogens with one attached hydrogen (secondary N) is 2. The molecule has 180 valence electrons. The summed E-state index contributed by atoms with van der Waals surface area (Å²) in [4.78, 5) is 14.7. The summed E-state index contributed by atoms with van der Waals surface area (Å²) >= 11 is 0. The minimum Gasteiger partial charge on any atom is -0.489 e. The van der Waals surface area contributed by atoms with Crippen LogP contribution in [0, 0.1) is 12.9 Å². The number of aromatic nitrogens is 2. The highest BCUT2D eigenvalue weighted by atomic mass is 32.2. The van der Waals surface area contributed by atoms with Crippen molar-refractivity contribution in [1.29, 1.82) is 0 Å². The van der Waals surface area contributed by atoms with Crippen molar-refractivity contribution in [3.05, 3.63) is 41.8 Å². The number of amides is 1. The summed E-state index contributed by atoms with van der Waals surface area (Å²) in [5.74, 6) is -0.587. The minimum atomic E-state index is -4.11. The van der Waals surface area contributed by atoms with Gasteiger partial charge < -0.3 is 19.7 Å². The standard InChI is InChI=1S/C22H24FN5O5S/c1-13-7-16-21(25-26-22(16)23)19(8-13)34(30,31)27(2)10-20(29)24-14-3-4-17-18(9-14)33-6-5-28(17)15-11-32-12-15/h3-4,7-9,15H,5-6,10-12H2,1-2H3,(H,24,29)(H,25,26). The first-order valence-electron chi connectivity index (χ1n) is 10.8. The number of fused-ring (bicyclic) bond motifs is 2. The number of aromatic amines is 1. The highest BCUT2D eigenvalue weighted by Crippen LogP contribution is 2.36. The molecule has 0 spiro atoms. The molecule has 1 amide bonds. The number of sulfonamides is 1. The number of hydrogen-bond acceptors (Lipinski definition) is 7. The van der Waals surface area contributed by atoms with Crippen molar-refractivity contribution in [2.24, 2.45) is 0 Å². The second kappa shape index (κ2) is 8.53. The lowest BCUT2D eigenvalue weighted by molar-refractivity contribution is -0.116. The van der Waals surface area contributed by atoms with Gasteiger partial charge in [0, 0.05) is 18.8 Å². The monoisotopic (exact) mass is 489 g/mol. The Hall–Kier alpha value is -3.22. The summed E-state index contributed by atoms with van der Waals surface area (Å²) in [6.45, 7) is 3.87. The zero-order chi connectivity index (χ0) is 24.0. The van der Waals surface area contributed by atoms with E-state index in [4.69, 9.17) is 9.47 Å². The van der Waals surface area contributed by atoms with Crippen LogP contribution in [0.4, 0.5) is 15.8 Å². The van der Waals surface area contributed by atoms with Crippen molar-refractivity contribution in [2.75, 3.05) is 50.2 Å². The molecule has 2 aliphatic heterocycles. The van der Waals surface area contributed by atoms with Gasteiger partial charge in [0.25, 0.3) is 0 Å². The third-order valence-electron chi connectivity index (χ3n) is 5.98. The van der Waals surface area contributed by atoms with Crippen LogP contribution >= 0.6 is 0 Å². The van der Waals surface area contributed by atoms with E-state index < -0.39 is 28.4 Å². The maximum Gasteiger partial charge on any atom is 0.245 e. The van der Waals surface area contributed by atoms with Crippen LogP contribution in [0.5, 0.6) is 5.75 Å². The van der Waals surface area contributed by atoms with Crippen LogP contribution in [0.15, 0.2) is 35.2 Å². The van der Waals surface area contributed by atoms with E-state index in [1.807, 2.05) is 6.07 Å². The summed E-state index contributed by atoms with van der Waals surface area (Å²) < 4.78 is 52.2. The predicted molar refractivity (Wildman–Crippen MR) is 123 cm³/mol. The van der Waals surface area contributed by atoms with Crippen LogP contribution < -0.4 is 15.0 Å². The Morgan fingerprint density at radius 3 is 2.85 bits per heavy atom. The van der Waals surface area contributed by atoms with Crippen LogP contribution in [-0.4, -0.2) is 74.8 Å². The molecule has 1 saturated heterocycles. The van der Waals surface area contributed by atoms with E-state index >= 15 is 0 Å². The third-order valence-corrected chi connectivity index (χ3v) is 7.80. The predicted octanol–water partition coefficient (Wildman–Crippen LogP) is 1.87. The van der Waals surface area contributed by atoms with E-state index in [2.05, 4.69) is 20.4 Å². The fraction of sp³-hybridized carbons (Fsp3) is 0.364. The van der Waals surface area contributed by atoms with Crippen LogP contribution in [-0.2, 0) is 19.6 Å². The summed E-state index contributed by atoms with van der Waals surface area (Å²) in [6.07, 6.45) is 0. The first-order valence-corrected chi connectivity index (χ1v) is 12.2. The Morgan fingerprint density at radius 2 is 2.12 bits per heavy atom. The first kappa shape index (κ1) is 22.6. The largest absolute Gasteiger partial charge is 0.489 e. The molecule has 0 bridgehead atoms. The average Bonchev–Trinajstić information content (AvgIpc) is 3.12. The molecular formula is C22H24FN5O5S. The SMILES string of the molecule is Cc1cc(S(=O)(=O)N(C)CC(=O)Nc2ccc3c(c2)OCCN3C2COC2)c2n[nH]c(F)c2c1. The van der Waals surface area contributed by atoms with Gasteiger partial charge in [-0.15, -0.1) is 0 Å². The second-order valence-corrected chi connectivity index (χ2v) is 10.4. The highest BCUT2D eigenvalue weighted by Gasteiger charge is 2.31. The second-order valence-electron chi connectivity index (χ2n) is 8.42. The Labute approximate surface area is 195 Å². The quantitative estimate of drug-likeness (QED) is 0.543. The van der Waals surface area contributed by atoms with E-state index in [0.717, 1.165) is 16.5 Å². The first-order chi connectivity index (χ1) is 16.2. The number of nitrogens with zero attached hydrogens (tertiary/aromatic N) is 3. The number of likely N-dealkylation sites (N-methyl/N-ethyl adjacent to an activating group) is 1. The van der Waals surface area contributed by atoms with E-state index in [-0.39, 0.29) is 15.8 Å². The Morgan fingerprint density at radius 1 is 1.32 bits per heavy atom. The van der Waals surface area contributed by atoms with E-state index in [1.165, 1.54) is 19.2 Å². The van der Waals surface area contributed by atoms with Crippen LogP contribution in [0.1, 0.15) is 5.56 Å². The molecule has 12 heteroatoms. The average molecular weight is 490 g/mol. The lowest BCUT2D eigenvalue weighted by Gasteiger charge is -2.41. The third kappa shape index (κ3) is 3.97. The van der Waals surface area contributed by atoms with E-state index in [0.29, 0.717) is 42.9 Å². The Balaban J connectivity index is 1.31. The number of carbonyl (C=O) groups excluding carboxylic acids is 1. The number of H-pyrrole nitrogens is 1. The van der Waals surface area contributed by atoms with Gasteiger partial charge in [-0.2, -0.15) is 13.8 Å². The van der Waals surface area contributed by atoms with Gasteiger partial charge in [0.05, 0.1) is 43.4 Å². The number of benzene rings is 2. The molecular weight excluding hydrogens is 465 g/mol. The fourth-order valence-electron chi connectivity index (χ4n) is 4.15. The van der Waals surface area contributed by atoms with Crippen molar-refractivity contribution < 1.29 is 27.1 Å². The van der Waals surface area contributed by atoms with Crippen molar-refractivity contribution in [3.63, 3.8) is 0 Å². The molecule has 3 aromatic rings. The van der Waals surface area contributed by atoms with E-state index in [9.17, 15) is 17.6 Å². The minimum absolute atomic E-state index is 0.0105. The van der Waals surface area contributed by atoms with Crippen molar-refractivity contribution >= 4 is 38.2 Å². The molecule has 0 radical (unpaired) electrons. The maximum atomic E-state index is 13.9. The van der Waals surface area contributed by atoms with Gasteiger partial charge in [0.1, 0.15) is 22.8 Å². The highest BCUT2D eigenvalue weighted by molar-refractivity contribution is 7.89. The molecule has 0 aliphatic carbocycles. The molecule has 1 aromatic heterocycles. The molecule has 34 heavy (non-hydrogen) atoms. The normalized spacial score (nSPS) is 16.3. The van der Waals surface area contributed by atoms with Gasteiger partial charge in [-0.1, -0.05) is 0 Å². The van der Waals surface area contributed by atoms with Crippen molar-refractivity contribution in [2.45, 2.75) is 17.9 Å². The number of aryl methyl sites for hydroxylation is 1. The van der Waals surface area contributed by atoms with E-state index in [1.54, 1.807) is 19.1 Å². The number of ether oxygens (including phenoxy) is 2. The topological polar surface area (TPSA) is 117 Å². The molecule has 2 aliphatic rings. The lowest BCUT2D eigenvalue weighted by Crippen LogP contribution is -2.52. The van der Waals surface area contributed by atoms with Gasteiger partial charge >= 0.3 is 0 Å². The number of hydrogen-bond donors (Lipinski definition) is 2. The van der Waals surface area contributed by atoms with Gasteiger partial charge in [-0.05, 0) is 36.8 Å². The lowest BCUT2D eigenvalue weighted by atomic mass is 10.1. The summed E-state index contributed by atoms with van der Waals surface area (Å²) in [5.41, 5.74) is 1.98. The molecule has 1 fully saturated rings. The zero-order valence-electron chi connectivity index (χ0n) is 18.7. The molecule has 0 unspecified atom stereocenters. The maximum absolute atomic E-state index is 13.9. The molecule has 0 atom stereocenters. The summed E-state index contributed by atoms with van der Waals surface area (Å²) in [5, 5.41) is 8.76. The number of carbonyl (C=O) groups is 1. The number of anilines is 2. The number of halogens is 1. The fourth-order valence-corrected chi connectivity index (χ4v) is 5.51. The smallest absolute Gasteiger partial charge is 0.245 e. The van der Waals surface area contributed by atoms with Crippen LogP contribution in [0.3, 0.4) is 0 Å². The molecule has 0 saturated carbocycles. The molecule has 2 N–H and O–H groups in total. The summed E-state index contributed by atoms with van der Waals surface area (Å²) in [7, 11) is -2.82. The molecule has 3 heterocycles.